The van der Waals surface area contributed by atoms with Gasteiger partial charge in [-0.2, -0.15) is 0 Å². The Morgan fingerprint density at radius 1 is 0.650 bits per heavy atom. The number of benzene rings is 1. The van der Waals surface area contributed by atoms with Gasteiger partial charge in [-0.05, 0) is 37.3 Å². The summed E-state index contributed by atoms with van der Waals surface area (Å²) in [5, 5.41) is 0. The van der Waals surface area contributed by atoms with Gasteiger partial charge in [-0.3, -0.25) is 0 Å². The van der Waals surface area contributed by atoms with E-state index < -0.39 is 0 Å². The number of rotatable bonds is 12. The molecule has 20 heavy (non-hydrogen) atoms. The second-order valence-electron chi connectivity index (χ2n) is 6.00. The van der Waals surface area contributed by atoms with Crippen molar-refractivity contribution in [2.45, 2.75) is 84.0 Å². The fourth-order valence-electron chi connectivity index (χ4n) is 2.69. The van der Waals surface area contributed by atoms with Gasteiger partial charge in [0.1, 0.15) is 0 Å². The zero-order chi connectivity index (χ0) is 14.5. The van der Waals surface area contributed by atoms with Crippen molar-refractivity contribution in [1.29, 1.82) is 0 Å². The van der Waals surface area contributed by atoms with Crippen LogP contribution in [0.3, 0.4) is 0 Å². The van der Waals surface area contributed by atoms with E-state index in [-0.39, 0.29) is 0 Å². The summed E-state index contributed by atoms with van der Waals surface area (Å²) in [6.07, 6.45) is 16.3. The highest BCUT2D eigenvalue weighted by atomic mass is 14.0. The third-order valence-corrected chi connectivity index (χ3v) is 4.13. The lowest BCUT2D eigenvalue weighted by molar-refractivity contribution is 0.556. The topological polar surface area (TPSA) is 0 Å². The molecule has 0 spiro atoms. The molecule has 113 valence electrons. The minimum absolute atomic E-state index is 0.901. The van der Waals surface area contributed by atoms with Crippen LogP contribution in [0.25, 0.3) is 0 Å². The first kappa shape index (κ1) is 17.3. The van der Waals surface area contributed by atoms with Crippen LogP contribution in [0.1, 0.15) is 82.3 Å². The van der Waals surface area contributed by atoms with E-state index in [0.717, 1.165) is 6.42 Å². The third kappa shape index (κ3) is 8.40. The van der Waals surface area contributed by atoms with E-state index in [4.69, 9.17) is 0 Å². The molecule has 0 nitrogen and oxygen atoms in total. The molecule has 1 aromatic carbocycles. The lowest BCUT2D eigenvalue weighted by Gasteiger charge is -2.04. The molecule has 0 heteroatoms. The summed E-state index contributed by atoms with van der Waals surface area (Å²) in [7, 11) is 0. The van der Waals surface area contributed by atoms with Gasteiger partial charge in [-0.15, -0.1) is 0 Å². The molecule has 0 atom stereocenters. The molecule has 1 rings (SSSR count). The lowest BCUT2D eigenvalue weighted by Crippen LogP contribution is -1.88. The summed E-state index contributed by atoms with van der Waals surface area (Å²) in [4.78, 5) is 0. The molecule has 1 radical (unpaired) electrons. The van der Waals surface area contributed by atoms with Gasteiger partial charge in [0.2, 0.25) is 0 Å². The molecule has 0 bridgehead atoms. The van der Waals surface area contributed by atoms with Crippen LogP contribution in [-0.4, -0.2) is 0 Å². The van der Waals surface area contributed by atoms with Crippen LogP contribution < -0.4 is 0 Å². The standard InChI is InChI=1S/C20H33/c1-3-5-6-7-8-9-10-11-12-13-14-20-17-15-19(4-2)16-18-20/h15-18H,2-14H2,1H3. The van der Waals surface area contributed by atoms with Gasteiger partial charge < -0.3 is 0 Å². The highest BCUT2D eigenvalue weighted by Gasteiger charge is 1.95. The van der Waals surface area contributed by atoms with Crippen molar-refractivity contribution in [2.24, 2.45) is 0 Å². The summed E-state index contributed by atoms with van der Waals surface area (Å²) in [6, 6.07) is 8.99. The van der Waals surface area contributed by atoms with E-state index in [1.165, 1.54) is 81.8 Å². The molecule has 0 aliphatic heterocycles. The molecule has 0 fully saturated rings. The summed E-state index contributed by atoms with van der Waals surface area (Å²) < 4.78 is 0. The summed E-state index contributed by atoms with van der Waals surface area (Å²) in [6.45, 7) is 6.20. The van der Waals surface area contributed by atoms with Gasteiger partial charge in [-0.25, -0.2) is 0 Å². The maximum atomic E-state index is 3.91. The Morgan fingerprint density at radius 3 is 1.60 bits per heavy atom. The molecule has 0 amide bonds. The minimum atomic E-state index is 0.901. The van der Waals surface area contributed by atoms with Gasteiger partial charge in [-0.1, -0.05) is 89.0 Å². The first-order valence-electron chi connectivity index (χ1n) is 8.74. The molecular formula is C20H33. The highest BCUT2D eigenvalue weighted by molar-refractivity contribution is 5.22. The smallest absolute Gasteiger partial charge is 0.0279 e. The van der Waals surface area contributed by atoms with Crippen LogP contribution in [0, 0.1) is 6.92 Å². The Hall–Kier alpha value is -0.780. The van der Waals surface area contributed by atoms with Crippen molar-refractivity contribution in [3.63, 3.8) is 0 Å². The van der Waals surface area contributed by atoms with Gasteiger partial charge in [0.25, 0.3) is 0 Å². The average molecular weight is 273 g/mol. The number of hydrogen-bond acceptors (Lipinski definition) is 0. The Labute approximate surface area is 127 Å². The Kier molecular flexibility index (Phi) is 10.4. The molecule has 0 saturated carbocycles. The third-order valence-electron chi connectivity index (χ3n) is 4.13. The largest absolute Gasteiger partial charge is 0.0654 e. The second kappa shape index (κ2) is 12.0. The summed E-state index contributed by atoms with van der Waals surface area (Å²) >= 11 is 0. The van der Waals surface area contributed by atoms with Crippen LogP contribution in [0.4, 0.5) is 0 Å². The predicted octanol–water partition coefficient (Wildman–Crippen LogP) is 6.53. The van der Waals surface area contributed by atoms with Crippen LogP contribution in [-0.2, 0) is 12.8 Å². The van der Waals surface area contributed by atoms with Crippen LogP contribution in [0.15, 0.2) is 24.3 Å². The quantitative estimate of drug-likeness (QED) is 0.380. The maximum absolute atomic E-state index is 3.91. The van der Waals surface area contributed by atoms with Gasteiger partial charge in [0.15, 0.2) is 0 Å². The zero-order valence-electron chi connectivity index (χ0n) is 13.5. The molecular weight excluding hydrogens is 240 g/mol. The monoisotopic (exact) mass is 273 g/mol. The minimum Gasteiger partial charge on any atom is -0.0654 e. The molecule has 0 saturated heterocycles. The molecule has 0 unspecified atom stereocenters. The first-order chi connectivity index (χ1) is 9.86. The fourth-order valence-corrected chi connectivity index (χ4v) is 2.69. The number of unbranched alkanes of at least 4 members (excludes halogenated alkanes) is 9. The van der Waals surface area contributed by atoms with E-state index in [0.29, 0.717) is 0 Å². The van der Waals surface area contributed by atoms with Crippen LogP contribution in [0.2, 0.25) is 0 Å². The summed E-state index contributed by atoms with van der Waals surface area (Å²) in [5.74, 6) is 0. The first-order valence-corrected chi connectivity index (χ1v) is 8.74. The van der Waals surface area contributed by atoms with E-state index in [9.17, 15) is 0 Å². The predicted molar refractivity (Wildman–Crippen MR) is 91.1 cm³/mol. The van der Waals surface area contributed by atoms with Crippen molar-refractivity contribution < 1.29 is 0 Å². The van der Waals surface area contributed by atoms with E-state index in [1.54, 1.807) is 0 Å². The van der Waals surface area contributed by atoms with Crippen LogP contribution in [0.5, 0.6) is 0 Å². The molecule has 0 N–H and O–H groups in total. The van der Waals surface area contributed by atoms with Crippen molar-refractivity contribution in [2.75, 3.05) is 0 Å². The fraction of sp³-hybridized carbons (Fsp3) is 0.650. The number of aryl methyl sites for hydroxylation is 1. The van der Waals surface area contributed by atoms with E-state index in [2.05, 4.69) is 38.1 Å². The number of hydrogen-bond donors (Lipinski definition) is 0. The van der Waals surface area contributed by atoms with Crippen LogP contribution >= 0.6 is 0 Å². The summed E-state index contributed by atoms with van der Waals surface area (Å²) in [5.41, 5.74) is 2.83. The molecule has 0 aliphatic rings. The van der Waals surface area contributed by atoms with Gasteiger partial charge in [0, 0.05) is 0 Å². The van der Waals surface area contributed by atoms with Crippen molar-refractivity contribution in [3.05, 3.63) is 42.3 Å². The van der Waals surface area contributed by atoms with Crippen molar-refractivity contribution >= 4 is 0 Å². The normalized spacial score (nSPS) is 10.9. The molecule has 0 aliphatic carbocycles. The van der Waals surface area contributed by atoms with Gasteiger partial charge >= 0.3 is 0 Å². The van der Waals surface area contributed by atoms with Gasteiger partial charge in [0.05, 0.1) is 0 Å². The average Bonchev–Trinajstić information content (AvgIpc) is 2.50. The Bertz CT molecular complexity index is 309. The second-order valence-corrected chi connectivity index (χ2v) is 6.00. The SMILES string of the molecule is [CH2]Cc1ccc(CCCCCCCCCCCC)cc1. The molecule has 0 aromatic heterocycles. The Morgan fingerprint density at radius 2 is 1.10 bits per heavy atom. The van der Waals surface area contributed by atoms with Crippen molar-refractivity contribution in [3.8, 4) is 0 Å². The highest BCUT2D eigenvalue weighted by Crippen LogP contribution is 2.13. The van der Waals surface area contributed by atoms with E-state index >= 15 is 0 Å². The van der Waals surface area contributed by atoms with Crippen molar-refractivity contribution in [1.82, 2.24) is 0 Å². The molecule has 0 heterocycles. The lowest BCUT2D eigenvalue weighted by atomic mass is 10.0. The Balaban J connectivity index is 1.91. The molecule has 1 aromatic rings. The maximum Gasteiger partial charge on any atom is -0.0279 e. The van der Waals surface area contributed by atoms with E-state index in [1.807, 2.05) is 0 Å². The zero-order valence-corrected chi connectivity index (χ0v) is 13.5.